The summed E-state index contributed by atoms with van der Waals surface area (Å²) in [7, 11) is 1.46. The fourth-order valence-corrected chi connectivity index (χ4v) is 3.61. The number of benzene rings is 1. The predicted octanol–water partition coefficient (Wildman–Crippen LogP) is 3.34. The molecule has 1 aliphatic heterocycles. The van der Waals surface area contributed by atoms with Gasteiger partial charge in [0, 0.05) is 13.0 Å². The van der Waals surface area contributed by atoms with Crippen LogP contribution in [-0.2, 0) is 14.3 Å². The third kappa shape index (κ3) is 5.22. The summed E-state index contributed by atoms with van der Waals surface area (Å²) in [5.41, 5.74) is 0.725. The van der Waals surface area contributed by atoms with E-state index >= 15 is 0 Å². The highest BCUT2D eigenvalue weighted by atomic mass is 32.2. The Labute approximate surface area is 162 Å². The third-order valence-electron chi connectivity index (χ3n) is 3.60. The van der Waals surface area contributed by atoms with Crippen LogP contribution in [0.25, 0.3) is 6.08 Å². The van der Waals surface area contributed by atoms with Gasteiger partial charge in [-0.3, -0.25) is 14.5 Å². The van der Waals surface area contributed by atoms with Crippen LogP contribution in [0.5, 0.6) is 11.5 Å². The molecule has 1 aliphatic rings. The molecule has 1 aromatic rings. The number of methoxy groups -OCH3 is 1. The number of carbonyl (C=O) groups is 2. The van der Waals surface area contributed by atoms with Gasteiger partial charge in [0.1, 0.15) is 4.32 Å². The van der Waals surface area contributed by atoms with Crippen molar-refractivity contribution < 1.29 is 24.2 Å². The molecule has 1 N–H and O–H groups in total. The van der Waals surface area contributed by atoms with Crippen LogP contribution in [0.15, 0.2) is 23.1 Å². The number of hydrogen-bond donors (Lipinski definition) is 1. The first-order valence-electron chi connectivity index (χ1n) is 8.24. The lowest BCUT2D eigenvalue weighted by Gasteiger charge is -2.13. The van der Waals surface area contributed by atoms with Crippen molar-refractivity contribution in [2.75, 3.05) is 20.3 Å². The zero-order valence-corrected chi connectivity index (χ0v) is 16.3. The Balaban J connectivity index is 1.98. The predicted molar refractivity (Wildman–Crippen MR) is 105 cm³/mol. The zero-order chi connectivity index (χ0) is 19.1. The van der Waals surface area contributed by atoms with E-state index in [1.807, 2.05) is 6.92 Å². The first kappa shape index (κ1) is 20.3. The van der Waals surface area contributed by atoms with E-state index in [0.29, 0.717) is 34.5 Å². The second-order valence-electron chi connectivity index (χ2n) is 5.59. The Bertz CT molecular complexity index is 732. The van der Waals surface area contributed by atoms with E-state index in [0.717, 1.165) is 12.0 Å². The molecule has 1 heterocycles. The fraction of sp³-hybridized carbons (Fsp3) is 0.389. The number of aromatic hydroxyl groups is 1. The number of thioether (sulfide) groups is 1. The van der Waals surface area contributed by atoms with Crippen molar-refractivity contribution in [3.05, 3.63) is 28.7 Å². The Morgan fingerprint density at radius 2 is 2.19 bits per heavy atom. The van der Waals surface area contributed by atoms with Crippen LogP contribution in [-0.4, -0.2) is 46.5 Å². The minimum Gasteiger partial charge on any atom is -0.504 e. The minimum absolute atomic E-state index is 0.0344. The molecule has 0 saturated carbocycles. The molecular formula is C18H21NO5S2. The monoisotopic (exact) mass is 395 g/mol. The molecule has 0 aliphatic carbocycles. The quantitative estimate of drug-likeness (QED) is 0.411. The zero-order valence-electron chi connectivity index (χ0n) is 14.7. The van der Waals surface area contributed by atoms with Crippen LogP contribution in [0.1, 0.15) is 31.7 Å². The maximum absolute atomic E-state index is 12.5. The number of phenols is 1. The molecule has 0 aromatic heterocycles. The van der Waals surface area contributed by atoms with E-state index < -0.39 is 0 Å². The first-order valence-corrected chi connectivity index (χ1v) is 9.46. The molecule has 1 amide bonds. The van der Waals surface area contributed by atoms with Gasteiger partial charge in [0.25, 0.3) is 5.91 Å². The normalized spacial score (nSPS) is 15.6. The minimum atomic E-state index is -0.260. The van der Waals surface area contributed by atoms with E-state index in [1.54, 1.807) is 18.2 Å². The number of ether oxygens (including phenoxy) is 2. The molecule has 2 rings (SSSR count). The fourth-order valence-electron chi connectivity index (χ4n) is 2.30. The average Bonchev–Trinajstić information content (AvgIpc) is 2.88. The highest BCUT2D eigenvalue weighted by Crippen LogP contribution is 2.34. The van der Waals surface area contributed by atoms with Gasteiger partial charge in [-0.25, -0.2) is 0 Å². The second-order valence-corrected chi connectivity index (χ2v) is 7.26. The largest absolute Gasteiger partial charge is 0.504 e. The van der Waals surface area contributed by atoms with E-state index in [4.69, 9.17) is 21.7 Å². The maximum Gasteiger partial charge on any atom is 0.305 e. The molecule has 0 unspecified atom stereocenters. The van der Waals surface area contributed by atoms with Crippen molar-refractivity contribution in [2.24, 2.45) is 0 Å². The average molecular weight is 396 g/mol. The van der Waals surface area contributed by atoms with Gasteiger partial charge in [-0.15, -0.1) is 0 Å². The molecular weight excluding hydrogens is 374 g/mol. The Morgan fingerprint density at radius 1 is 1.42 bits per heavy atom. The summed E-state index contributed by atoms with van der Waals surface area (Å²) in [6.45, 7) is 2.73. The highest BCUT2D eigenvalue weighted by molar-refractivity contribution is 8.26. The van der Waals surface area contributed by atoms with Crippen LogP contribution < -0.4 is 4.74 Å². The van der Waals surface area contributed by atoms with Crippen LogP contribution in [0.3, 0.4) is 0 Å². The molecule has 0 radical (unpaired) electrons. The molecule has 0 atom stereocenters. The highest BCUT2D eigenvalue weighted by Gasteiger charge is 2.31. The summed E-state index contributed by atoms with van der Waals surface area (Å²) in [6.07, 6.45) is 3.24. The second kappa shape index (κ2) is 9.59. The van der Waals surface area contributed by atoms with Gasteiger partial charge in [-0.05, 0) is 36.6 Å². The van der Waals surface area contributed by atoms with Crippen LogP contribution in [0.2, 0.25) is 0 Å². The maximum atomic E-state index is 12.5. The topological polar surface area (TPSA) is 76.1 Å². The van der Waals surface area contributed by atoms with Gasteiger partial charge in [-0.2, -0.15) is 0 Å². The van der Waals surface area contributed by atoms with Crippen molar-refractivity contribution in [1.82, 2.24) is 4.90 Å². The number of hydrogen-bond acceptors (Lipinski definition) is 7. The number of rotatable bonds is 8. The molecule has 0 spiro atoms. The van der Waals surface area contributed by atoms with Crippen LogP contribution >= 0.6 is 24.0 Å². The van der Waals surface area contributed by atoms with E-state index in [9.17, 15) is 14.7 Å². The molecule has 0 bridgehead atoms. The molecule has 140 valence electrons. The number of esters is 1. The number of nitrogens with zero attached hydrogens (tertiary/aromatic N) is 1. The van der Waals surface area contributed by atoms with E-state index in [1.165, 1.54) is 29.8 Å². The lowest BCUT2D eigenvalue weighted by atomic mass is 10.2. The van der Waals surface area contributed by atoms with Gasteiger partial charge in [0.2, 0.25) is 0 Å². The third-order valence-corrected chi connectivity index (χ3v) is 4.98. The van der Waals surface area contributed by atoms with Crippen molar-refractivity contribution in [2.45, 2.75) is 26.2 Å². The number of amides is 1. The van der Waals surface area contributed by atoms with Crippen molar-refractivity contribution >= 4 is 46.3 Å². The van der Waals surface area contributed by atoms with E-state index in [2.05, 4.69) is 0 Å². The number of carbonyl (C=O) groups excluding carboxylic acids is 2. The van der Waals surface area contributed by atoms with E-state index in [-0.39, 0.29) is 24.0 Å². The molecule has 8 heteroatoms. The summed E-state index contributed by atoms with van der Waals surface area (Å²) in [6, 6.07) is 4.84. The molecule has 1 aromatic carbocycles. The number of thiocarbonyl (C=S) groups is 1. The van der Waals surface area contributed by atoms with Crippen LogP contribution in [0, 0.1) is 0 Å². The molecule has 6 nitrogen and oxygen atoms in total. The summed E-state index contributed by atoms with van der Waals surface area (Å²) in [4.78, 5) is 26.1. The molecule has 26 heavy (non-hydrogen) atoms. The summed E-state index contributed by atoms with van der Waals surface area (Å²) >= 11 is 6.49. The smallest absolute Gasteiger partial charge is 0.305 e. The first-order chi connectivity index (χ1) is 12.5. The van der Waals surface area contributed by atoms with Crippen molar-refractivity contribution in [3.8, 4) is 11.5 Å². The van der Waals surface area contributed by atoms with Crippen molar-refractivity contribution in [3.63, 3.8) is 0 Å². The van der Waals surface area contributed by atoms with Crippen LogP contribution in [0.4, 0.5) is 0 Å². The Morgan fingerprint density at radius 3 is 2.88 bits per heavy atom. The molecule has 1 fully saturated rings. The van der Waals surface area contributed by atoms with Gasteiger partial charge < -0.3 is 14.6 Å². The van der Waals surface area contributed by atoms with Crippen molar-refractivity contribution in [1.29, 1.82) is 0 Å². The van der Waals surface area contributed by atoms with Gasteiger partial charge in [0.15, 0.2) is 11.5 Å². The van der Waals surface area contributed by atoms with Gasteiger partial charge in [-0.1, -0.05) is 37.0 Å². The SMILES string of the molecule is CCCOC(=O)CCCN1C(=O)/C(=C/c2ccc(O)c(OC)c2)SC1=S. The molecule has 1 saturated heterocycles. The van der Waals surface area contributed by atoms with Gasteiger partial charge in [0.05, 0.1) is 18.6 Å². The Kier molecular flexibility index (Phi) is 7.47. The summed E-state index contributed by atoms with van der Waals surface area (Å²) in [5, 5.41) is 9.64. The Hall–Kier alpha value is -2.06. The lowest BCUT2D eigenvalue weighted by molar-refractivity contribution is -0.144. The summed E-state index contributed by atoms with van der Waals surface area (Å²) < 4.78 is 10.6. The number of phenolic OH excluding ortho intramolecular Hbond substituents is 1. The standard InChI is InChI=1S/C18H21NO5S2/c1-3-9-24-16(21)5-4-8-19-17(22)15(26-18(19)25)11-12-6-7-13(20)14(10-12)23-2/h6-7,10-11,20H,3-5,8-9H2,1-2H3/b15-11-. The summed E-state index contributed by atoms with van der Waals surface area (Å²) in [5.74, 6) is -0.0787. The lowest BCUT2D eigenvalue weighted by Crippen LogP contribution is -2.29. The van der Waals surface area contributed by atoms with Gasteiger partial charge >= 0.3 is 5.97 Å².